The van der Waals surface area contributed by atoms with Gasteiger partial charge in [0.05, 0.1) is 0 Å². The molecular weight excluding hydrogens is 750 g/mol. The van der Waals surface area contributed by atoms with Crippen molar-refractivity contribution in [2.24, 2.45) is 0 Å². The zero-order chi connectivity index (χ0) is 2.00. The molecule has 1 radical (unpaired) electrons. The van der Waals surface area contributed by atoms with E-state index in [9.17, 15) is 0 Å². The summed E-state index contributed by atoms with van der Waals surface area (Å²) >= 11 is 2.94. The Kier molecular flexibility index (Phi) is 210. The third kappa shape index (κ3) is 32.6. The fourth-order valence-corrected chi connectivity index (χ4v) is 0. The van der Waals surface area contributed by atoms with Gasteiger partial charge in [0.2, 0.25) is 0 Å². The van der Waals surface area contributed by atoms with Crippen molar-refractivity contribution < 1.29 is 47.4 Å². The first-order chi connectivity index (χ1) is 1.00. The molecule has 0 rings (SSSR count). The van der Waals surface area contributed by atoms with Crippen LogP contribution in [0.2, 0.25) is 0 Å². The van der Waals surface area contributed by atoms with Crippen LogP contribution in [-0.2, 0) is 47.4 Å². The van der Waals surface area contributed by atoms with Gasteiger partial charge in [0.1, 0.15) is 0 Å². The van der Waals surface area contributed by atoms with Crippen molar-refractivity contribution in [3.8, 4) is 0 Å². The molecule has 0 aliphatic carbocycles. The van der Waals surface area contributed by atoms with Crippen LogP contribution in [0.4, 0.5) is 0 Å². The second-order valence-corrected chi connectivity index (χ2v) is 0. The molecule has 0 aliphatic rings. The summed E-state index contributed by atoms with van der Waals surface area (Å²) in [5.74, 6) is 0. The van der Waals surface area contributed by atoms with Crippen LogP contribution in [0.1, 0.15) is 0 Å². The molecule has 0 heterocycles. The second-order valence-electron chi connectivity index (χ2n) is 0. The van der Waals surface area contributed by atoms with E-state index in [-0.39, 0.29) is 187 Å². The molecule has 0 aromatic heterocycles. The first-order valence-corrected chi connectivity index (χ1v) is 0.508. The van der Waals surface area contributed by atoms with E-state index < -0.39 is 0 Å². The van der Waals surface area contributed by atoms with E-state index in [2.05, 4.69) is 15.9 Å². The standard InChI is InChI=1S/Ba.Ca.Cu.Hg.O.Sr.Tl.6H. The Balaban J connectivity index is -0.000000000500. The molecular formula is H6BaCaCuHgOSrTl. The van der Waals surface area contributed by atoms with Gasteiger partial charge >= 0.3 is 152 Å². The first-order valence-electron chi connectivity index (χ1n) is 0.123. The fraction of sp³-hybridized carbons (Fsp3) is 0. The predicted octanol–water partition coefficient (Wildman–Crippen LogP) is -3.25. The van der Waals surface area contributed by atoms with Crippen LogP contribution in [0.15, 0.2) is 0 Å². The van der Waals surface area contributed by atoms with E-state index in [1.165, 1.54) is 0 Å². The minimum Gasteiger partial charge on any atom is 0 e. The molecule has 7 heteroatoms. The Morgan fingerprint density at radius 3 is 1.14 bits per heavy atom. The van der Waals surface area contributed by atoms with Gasteiger partial charge in [0.25, 0.3) is 0 Å². The van der Waals surface area contributed by atoms with Crippen molar-refractivity contribution in [1.29, 1.82) is 0 Å². The Labute approximate surface area is 200 Å². The molecule has 7 heavy (non-hydrogen) atoms. The predicted molar refractivity (Wildman–Crippen MR) is 32.1 cm³/mol. The summed E-state index contributed by atoms with van der Waals surface area (Å²) in [6.07, 6.45) is 0. The third-order valence-corrected chi connectivity index (χ3v) is 0. The van der Waals surface area contributed by atoms with Crippen LogP contribution in [0, 0.1) is 0 Å². The molecule has 0 aromatic carbocycles. The number of hydrogen-bond donors (Lipinski definition) is 0. The van der Waals surface area contributed by atoms with Crippen molar-refractivity contribution in [2.75, 3.05) is 0 Å². The van der Waals surface area contributed by atoms with Gasteiger partial charge in [-0.1, -0.05) is 0 Å². The Hall–Kier alpha value is 6.49. The molecule has 0 atom stereocenters. The van der Waals surface area contributed by atoms with Gasteiger partial charge in [0.15, 0.2) is 0 Å². The molecule has 0 amide bonds. The summed E-state index contributed by atoms with van der Waals surface area (Å²) in [4.78, 5) is 0. The van der Waals surface area contributed by atoms with Crippen LogP contribution in [0.3, 0.4) is 0 Å². The van der Waals surface area contributed by atoms with E-state index in [1.807, 2.05) is 0 Å². The fourth-order valence-electron chi connectivity index (χ4n) is 0. The van der Waals surface area contributed by atoms with Crippen molar-refractivity contribution in [2.45, 2.75) is 0 Å². The van der Waals surface area contributed by atoms with E-state index in [4.69, 9.17) is 3.83 Å². The average Bonchev–Trinajstić information content (AvgIpc) is 1.00. The van der Waals surface area contributed by atoms with Crippen LogP contribution < -0.4 is 0 Å². The number of rotatable bonds is 0. The van der Waals surface area contributed by atoms with Crippen LogP contribution in [0.25, 0.3) is 0 Å². The van der Waals surface area contributed by atoms with E-state index in [0.717, 1.165) is 0 Å². The average molecular weight is 756 g/mol. The zero-order valence-electron chi connectivity index (χ0n) is 1.99. The van der Waals surface area contributed by atoms with Crippen LogP contribution in [-0.4, -0.2) is 159 Å². The molecule has 0 aromatic rings. The smallest absolute Gasteiger partial charge is 0 e. The maximum atomic E-state index is 7.81. The molecule has 0 saturated carbocycles. The molecule has 0 unspecified atom stereocenters. The van der Waals surface area contributed by atoms with Gasteiger partial charge in [0, 0.05) is 55.0 Å². The minimum absolute atomic E-state index is 0. The summed E-state index contributed by atoms with van der Waals surface area (Å²) in [6.45, 7) is 0. The van der Waals surface area contributed by atoms with E-state index >= 15 is 0 Å². The Morgan fingerprint density at radius 1 is 1.14 bits per heavy atom. The van der Waals surface area contributed by atoms with Crippen molar-refractivity contribution in [1.82, 2.24) is 0 Å². The van der Waals surface area contributed by atoms with Crippen LogP contribution in [0.5, 0.6) is 0 Å². The summed E-state index contributed by atoms with van der Waals surface area (Å²) < 4.78 is 7.81. The molecule has 34 valence electrons. The second kappa shape index (κ2) is 39.2. The van der Waals surface area contributed by atoms with Crippen molar-refractivity contribution in [3.63, 3.8) is 0 Å². The van der Waals surface area contributed by atoms with Gasteiger partial charge in [-0.25, -0.2) is 0 Å². The van der Waals surface area contributed by atoms with E-state index in [1.54, 1.807) is 0 Å². The van der Waals surface area contributed by atoms with Gasteiger partial charge in [-0.05, 0) is 0 Å². The van der Waals surface area contributed by atoms with Gasteiger partial charge in [-0.2, -0.15) is 0 Å². The quantitative estimate of drug-likeness (QED) is 0.238. The molecule has 0 saturated heterocycles. The topological polar surface area (TPSA) is 17.1 Å². The molecule has 1 nitrogen and oxygen atoms in total. The molecule has 0 bridgehead atoms. The Morgan fingerprint density at radius 2 is 1.14 bits per heavy atom. The minimum atomic E-state index is 0. The maximum Gasteiger partial charge on any atom is 0 e. The zero-order valence-corrected chi connectivity index (χ0v) is 12.9. The monoisotopic (exact) mass is 758 g/mol. The van der Waals surface area contributed by atoms with E-state index in [0.29, 0.717) is 0 Å². The first kappa shape index (κ1) is 37.5. The third-order valence-electron chi connectivity index (χ3n) is 0. The maximum absolute atomic E-state index is 7.81. The summed E-state index contributed by atoms with van der Waals surface area (Å²) in [5.41, 5.74) is 0. The molecule has 0 aliphatic heterocycles. The van der Waals surface area contributed by atoms with Crippen molar-refractivity contribution >= 4 is 159 Å². The van der Waals surface area contributed by atoms with Gasteiger partial charge < -0.3 is 0 Å². The summed E-state index contributed by atoms with van der Waals surface area (Å²) in [6, 6.07) is 0. The SMILES string of the molecule is [BaH2].[CaH2].[Hg].[O]=[Cu].[SrH2].[Tl]. The number of hydrogen-bond acceptors (Lipinski definition) is 1. The van der Waals surface area contributed by atoms with Gasteiger partial charge in [-0.3, -0.25) is 0 Å². The molecule has 0 spiro atoms. The normalized spacial score (nSPS) is 0.857. The summed E-state index contributed by atoms with van der Waals surface area (Å²) in [7, 11) is 0. The Bertz CT molecular complexity index is 19.7. The largest absolute Gasteiger partial charge is 0 e. The molecule has 0 N–H and O–H groups in total. The van der Waals surface area contributed by atoms with Gasteiger partial charge in [-0.15, -0.1) is 0 Å². The van der Waals surface area contributed by atoms with Crippen LogP contribution >= 0.6 is 0 Å². The summed E-state index contributed by atoms with van der Waals surface area (Å²) in [5, 5.41) is 0. The molecule has 0 fully saturated rings. The van der Waals surface area contributed by atoms with Crippen molar-refractivity contribution in [3.05, 3.63) is 0 Å².